The van der Waals surface area contributed by atoms with Gasteiger partial charge in [-0.25, -0.2) is 9.97 Å². The number of hydrogen-bond acceptors (Lipinski definition) is 5. The summed E-state index contributed by atoms with van der Waals surface area (Å²) >= 11 is 0. The molecule has 0 saturated carbocycles. The van der Waals surface area contributed by atoms with Gasteiger partial charge < -0.3 is 14.8 Å². The molecule has 0 aliphatic heterocycles. The van der Waals surface area contributed by atoms with Gasteiger partial charge in [-0.1, -0.05) is 44.2 Å². The summed E-state index contributed by atoms with van der Waals surface area (Å²) in [7, 11) is 3.31. The van der Waals surface area contributed by atoms with Crippen molar-refractivity contribution in [1.29, 1.82) is 0 Å². The fraction of sp³-hybridized carbons (Fsp3) is 0.304. The van der Waals surface area contributed by atoms with Crippen LogP contribution in [0.3, 0.4) is 0 Å². The van der Waals surface area contributed by atoms with E-state index in [0.717, 1.165) is 59.3 Å². The van der Waals surface area contributed by atoms with Crippen LogP contribution in [-0.4, -0.2) is 24.2 Å². The quantitative estimate of drug-likeness (QED) is 0.605. The molecule has 0 bridgehead atoms. The van der Waals surface area contributed by atoms with Crippen molar-refractivity contribution in [3.05, 3.63) is 65.5 Å². The molecule has 1 aromatic heterocycles. The minimum atomic E-state index is 0.719. The number of nitrogens with one attached hydrogen (secondary N) is 1. The molecule has 0 radical (unpaired) electrons. The van der Waals surface area contributed by atoms with E-state index in [0.29, 0.717) is 0 Å². The molecule has 0 aliphatic rings. The van der Waals surface area contributed by atoms with Crippen molar-refractivity contribution in [2.75, 3.05) is 19.5 Å². The van der Waals surface area contributed by atoms with Crippen LogP contribution in [0.2, 0.25) is 0 Å². The predicted octanol–water partition coefficient (Wildman–Crippen LogP) is 4.90. The third-order valence-electron chi connectivity index (χ3n) is 4.68. The summed E-state index contributed by atoms with van der Waals surface area (Å²) in [4.78, 5) is 9.87. The first-order valence-electron chi connectivity index (χ1n) is 9.60. The first kappa shape index (κ1) is 19.7. The summed E-state index contributed by atoms with van der Waals surface area (Å²) in [6.07, 6.45) is 1.57. The van der Waals surface area contributed by atoms with E-state index in [4.69, 9.17) is 19.4 Å². The molecule has 3 aromatic rings. The average Bonchev–Trinajstić information content (AvgIpc) is 2.77. The number of hydrogen-bond donors (Lipinski definition) is 1. The summed E-state index contributed by atoms with van der Waals surface area (Å²) in [6, 6.07) is 16.1. The number of aryl methyl sites for hydroxylation is 2. The molecule has 0 spiro atoms. The third kappa shape index (κ3) is 4.25. The van der Waals surface area contributed by atoms with E-state index in [1.165, 1.54) is 5.56 Å². The van der Waals surface area contributed by atoms with Crippen molar-refractivity contribution in [3.63, 3.8) is 0 Å². The highest BCUT2D eigenvalue weighted by atomic mass is 16.5. The highest BCUT2D eigenvalue weighted by molar-refractivity contribution is 5.71. The number of benzene rings is 2. The summed E-state index contributed by atoms with van der Waals surface area (Å²) in [6.45, 7) is 4.91. The van der Waals surface area contributed by atoms with Crippen LogP contribution in [-0.2, 0) is 19.4 Å². The van der Waals surface area contributed by atoms with Gasteiger partial charge in [-0.15, -0.1) is 0 Å². The minimum Gasteiger partial charge on any atom is -0.497 e. The number of ether oxygens (including phenoxy) is 2. The van der Waals surface area contributed by atoms with Crippen molar-refractivity contribution in [2.24, 2.45) is 0 Å². The van der Waals surface area contributed by atoms with Gasteiger partial charge in [0.1, 0.15) is 17.3 Å². The Kier molecular flexibility index (Phi) is 6.48. The molecule has 5 nitrogen and oxygen atoms in total. The maximum absolute atomic E-state index is 5.59. The molecule has 28 heavy (non-hydrogen) atoms. The van der Waals surface area contributed by atoms with Gasteiger partial charge in [-0.2, -0.15) is 0 Å². The molecule has 0 unspecified atom stereocenters. The van der Waals surface area contributed by atoms with Gasteiger partial charge in [0.05, 0.1) is 31.3 Å². The van der Waals surface area contributed by atoms with E-state index in [2.05, 4.69) is 31.3 Å². The lowest BCUT2D eigenvalue weighted by Crippen LogP contribution is -2.10. The molecule has 1 N–H and O–H groups in total. The Morgan fingerprint density at radius 3 is 2.25 bits per heavy atom. The SMILES string of the molecule is CCc1nc(-c2ccc(OC)cc2OC)c(CC)nc1NCc1ccccc1. The summed E-state index contributed by atoms with van der Waals surface area (Å²) < 4.78 is 10.9. The highest BCUT2D eigenvalue weighted by Gasteiger charge is 2.17. The van der Waals surface area contributed by atoms with Crippen LogP contribution in [0.15, 0.2) is 48.5 Å². The Labute approximate surface area is 166 Å². The fourth-order valence-electron chi connectivity index (χ4n) is 3.13. The Hall–Kier alpha value is -3.08. The Morgan fingerprint density at radius 1 is 0.857 bits per heavy atom. The fourth-order valence-corrected chi connectivity index (χ4v) is 3.13. The van der Waals surface area contributed by atoms with Crippen molar-refractivity contribution in [2.45, 2.75) is 33.2 Å². The zero-order chi connectivity index (χ0) is 19.9. The molecule has 0 aliphatic carbocycles. The molecule has 2 aromatic carbocycles. The van der Waals surface area contributed by atoms with Gasteiger partial charge in [0, 0.05) is 18.2 Å². The summed E-state index contributed by atoms with van der Waals surface area (Å²) in [5.74, 6) is 2.33. The third-order valence-corrected chi connectivity index (χ3v) is 4.68. The monoisotopic (exact) mass is 377 g/mol. The first-order valence-corrected chi connectivity index (χ1v) is 9.60. The Balaban J connectivity index is 1.99. The van der Waals surface area contributed by atoms with Gasteiger partial charge in [-0.3, -0.25) is 0 Å². The van der Waals surface area contributed by atoms with E-state index >= 15 is 0 Å². The number of aromatic nitrogens is 2. The topological polar surface area (TPSA) is 56.3 Å². The largest absolute Gasteiger partial charge is 0.497 e. The second kappa shape index (κ2) is 9.22. The molecule has 1 heterocycles. The second-order valence-corrected chi connectivity index (χ2v) is 6.43. The van der Waals surface area contributed by atoms with E-state index in [9.17, 15) is 0 Å². The molecule has 0 fully saturated rings. The van der Waals surface area contributed by atoms with Crippen LogP contribution in [0.4, 0.5) is 5.82 Å². The molecular formula is C23H27N3O2. The zero-order valence-corrected chi connectivity index (χ0v) is 17.0. The first-order chi connectivity index (χ1) is 13.7. The lowest BCUT2D eigenvalue weighted by Gasteiger charge is -2.16. The number of nitrogens with zero attached hydrogens (tertiary/aromatic N) is 2. The maximum Gasteiger partial charge on any atom is 0.148 e. The zero-order valence-electron chi connectivity index (χ0n) is 17.0. The molecule has 0 atom stereocenters. The minimum absolute atomic E-state index is 0.719. The highest BCUT2D eigenvalue weighted by Crippen LogP contribution is 2.35. The molecule has 5 heteroatoms. The second-order valence-electron chi connectivity index (χ2n) is 6.43. The van der Waals surface area contributed by atoms with Crippen LogP contribution >= 0.6 is 0 Å². The van der Waals surface area contributed by atoms with E-state index in [-0.39, 0.29) is 0 Å². The van der Waals surface area contributed by atoms with Gasteiger partial charge in [-0.05, 0) is 30.5 Å². The molecule has 146 valence electrons. The van der Waals surface area contributed by atoms with Gasteiger partial charge in [0.25, 0.3) is 0 Å². The van der Waals surface area contributed by atoms with Crippen LogP contribution in [0.25, 0.3) is 11.3 Å². The lowest BCUT2D eigenvalue weighted by atomic mass is 10.1. The molecule has 0 amide bonds. The summed E-state index contributed by atoms with van der Waals surface area (Å²) in [5, 5.41) is 3.46. The Bertz CT molecular complexity index is 927. The number of rotatable bonds is 8. The van der Waals surface area contributed by atoms with Crippen LogP contribution in [0, 0.1) is 0 Å². The lowest BCUT2D eigenvalue weighted by molar-refractivity contribution is 0.395. The summed E-state index contributed by atoms with van der Waals surface area (Å²) in [5.41, 5.74) is 4.89. The van der Waals surface area contributed by atoms with Crippen molar-refractivity contribution < 1.29 is 9.47 Å². The molecule has 0 saturated heterocycles. The smallest absolute Gasteiger partial charge is 0.148 e. The Morgan fingerprint density at radius 2 is 1.61 bits per heavy atom. The molecular weight excluding hydrogens is 350 g/mol. The van der Waals surface area contributed by atoms with Crippen molar-refractivity contribution in [3.8, 4) is 22.8 Å². The van der Waals surface area contributed by atoms with Crippen molar-refractivity contribution in [1.82, 2.24) is 9.97 Å². The van der Waals surface area contributed by atoms with E-state index < -0.39 is 0 Å². The van der Waals surface area contributed by atoms with E-state index in [1.54, 1.807) is 14.2 Å². The number of methoxy groups -OCH3 is 2. The van der Waals surface area contributed by atoms with Crippen LogP contribution in [0.1, 0.15) is 30.8 Å². The standard InChI is InChI=1S/C23H27N3O2/c1-5-19-22(18-13-12-17(27-3)14-21(18)28-4)25-20(6-2)23(26-19)24-15-16-10-8-7-9-11-16/h7-14H,5-6,15H2,1-4H3,(H,24,26). The predicted molar refractivity (Wildman–Crippen MR) is 113 cm³/mol. The van der Waals surface area contributed by atoms with Gasteiger partial charge in [0.2, 0.25) is 0 Å². The van der Waals surface area contributed by atoms with Crippen LogP contribution < -0.4 is 14.8 Å². The molecule has 3 rings (SSSR count). The van der Waals surface area contributed by atoms with Gasteiger partial charge in [0.15, 0.2) is 0 Å². The van der Waals surface area contributed by atoms with E-state index in [1.807, 2.05) is 36.4 Å². The normalized spacial score (nSPS) is 10.6. The van der Waals surface area contributed by atoms with Gasteiger partial charge >= 0.3 is 0 Å². The van der Waals surface area contributed by atoms with Crippen molar-refractivity contribution >= 4 is 5.82 Å². The maximum atomic E-state index is 5.59. The van der Waals surface area contributed by atoms with Crippen LogP contribution in [0.5, 0.6) is 11.5 Å². The number of anilines is 1. The average molecular weight is 377 g/mol.